The number of carbonyl (C=O) groups excluding carboxylic acids is 2. The van der Waals surface area contributed by atoms with Crippen LogP contribution in [0.1, 0.15) is 12.5 Å². The van der Waals surface area contributed by atoms with Crippen LogP contribution in [0, 0.1) is 6.92 Å². The highest BCUT2D eigenvalue weighted by atomic mass is 35.5. The maximum absolute atomic E-state index is 12.7. The van der Waals surface area contributed by atoms with Crippen molar-refractivity contribution >= 4 is 46.3 Å². The molecule has 7 nitrogen and oxygen atoms in total. The quantitative estimate of drug-likeness (QED) is 0.501. The smallest absolute Gasteiger partial charge is 0.258 e. The van der Waals surface area contributed by atoms with Crippen molar-refractivity contribution in [3.05, 3.63) is 45.9 Å². The van der Waals surface area contributed by atoms with Crippen LogP contribution in [0.2, 0.25) is 10.0 Å². The van der Waals surface area contributed by atoms with Crippen LogP contribution in [0.25, 0.3) is 0 Å². The van der Waals surface area contributed by atoms with Crippen LogP contribution < -0.4 is 14.8 Å². The highest BCUT2D eigenvalue weighted by molar-refractivity contribution is 6.34. The summed E-state index contributed by atoms with van der Waals surface area (Å²) in [5.41, 5.74) is 1.44. The Labute approximate surface area is 172 Å². The van der Waals surface area contributed by atoms with Crippen molar-refractivity contribution in [2.45, 2.75) is 19.9 Å². The normalized spacial score (nSPS) is 11.9. The first kappa shape index (κ1) is 21.7. The minimum atomic E-state index is -1.37. The Balaban J connectivity index is 2.33. The van der Waals surface area contributed by atoms with Crippen molar-refractivity contribution in [2.75, 3.05) is 19.5 Å². The topological polar surface area (TPSA) is 89.4 Å². The third kappa shape index (κ3) is 4.99. The second-order valence-electron chi connectivity index (χ2n) is 5.81. The van der Waals surface area contributed by atoms with Gasteiger partial charge in [-0.25, -0.2) is 0 Å². The molecule has 148 valence electrons. The van der Waals surface area contributed by atoms with Gasteiger partial charge in [-0.3, -0.25) is 9.59 Å². The summed E-state index contributed by atoms with van der Waals surface area (Å²) in [6.45, 7) is 3.06. The van der Waals surface area contributed by atoms with Crippen molar-refractivity contribution in [1.82, 2.24) is 0 Å². The summed E-state index contributed by atoms with van der Waals surface area (Å²) in [6, 6.07) is 6.84. The number of rotatable bonds is 7. The molecular weight excluding hydrogens is 405 g/mol. The first-order chi connectivity index (χ1) is 13.3. The lowest BCUT2D eigenvalue weighted by Gasteiger charge is -2.16. The highest BCUT2D eigenvalue weighted by Gasteiger charge is 2.26. The molecule has 1 N–H and O–H groups in total. The molecular formula is C19H19Cl2N3O4. The predicted octanol–water partition coefficient (Wildman–Crippen LogP) is 5.00. The Morgan fingerprint density at radius 3 is 2.43 bits per heavy atom. The maximum Gasteiger partial charge on any atom is 0.258 e. The summed E-state index contributed by atoms with van der Waals surface area (Å²) in [7, 11) is 2.87. The average molecular weight is 424 g/mol. The molecule has 2 aromatic carbocycles. The van der Waals surface area contributed by atoms with Crippen LogP contribution >= 0.6 is 23.2 Å². The molecule has 2 rings (SSSR count). The minimum Gasteiger partial charge on any atom is -0.493 e. The number of benzene rings is 2. The van der Waals surface area contributed by atoms with Gasteiger partial charge < -0.3 is 14.8 Å². The van der Waals surface area contributed by atoms with E-state index >= 15 is 0 Å². The van der Waals surface area contributed by atoms with Gasteiger partial charge in [-0.05, 0) is 43.7 Å². The number of nitrogens with zero attached hydrogens (tertiary/aromatic N) is 2. The maximum atomic E-state index is 12.7. The lowest BCUT2D eigenvalue weighted by atomic mass is 10.2. The zero-order valence-electron chi connectivity index (χ0n) is 15.7. The number of methoxy groups -OCH3 is 2. The van der Waals surface area contributed by atoms with Gasteiger partial charge in [0.1, 0.15) is 5.69 Å². The number of ether oxygens (including phenoxy) is 2. The van der Waals surface area contributed by atoms with E-state index in [-0.39, 0.29) is 16.5 Å². The number of carbonyl (C=O) groups is 2. The number of anilines is 1. The van der Waals surface area contributed by atoms with E-state index in [2.05, 4.69) is 15.5 Å². The summed E-state index contributed by atoms with van der Waals surface area (Å²) < 4.78 is 10.5. The van der Waals surface area contributed by atoms with Crippen molar-refractivity contribution in [1.29, 1.82) is 0 Å². The second-order valence-corrected chi connectivity index (χ2v) is 6.65. The van der Waals surface area contributed by atoms with E-state index in [0.29, 0.717) is 16.5 Å². The lowest BCUT2D eigenvalue weighted by Crippen LogP contribution is -2.32. The number of hydrogen-bond acceptors (Lipinski definition) is 6. The first-order valence-corrected chi connectivity index (χ1v) is 8.92. The zero-order valence-corrected chi connectivity index (χ0v) is 17.3. The number of amides is 1. The van der Waals surface area contributed by atoms with Gasteiger partial charge in [0, 0.05) is 5.02 Å². The predicted molar refractivity (Wildman–Crippen MR) is 108 cm³/mol. The Morgan fingerprint density at radius 2 is 1.82 bits per heavy atom. The zero-order chi connectivity index (χ0) is 20.8. The molecule has 0 saturated heterocycles. The van der Waals surface area contributed by atoms with E-state index in [4.69, 9.17) is 32.7 Å². The average Bonchev–Trinajstić information content (AvgIpc) is 2.65. The van der Waals surface area contributed by atoms with E-state index in [1.165, 1.54) is 27.2 Å². The summed E-state index contributed by atoms with van der Waals surface area (Å²) in [5.74, 6) is -0.589. The number of halogens is 2. The summed E-state index contributed by atoms with van der Waals surface area (Å²) in [4.78, 5) is 24.7. The van der Waals surface area contributed by atoms with Crippen LogP contribution in [0.5, 0.6) is 11.5 Å². The molecule has 0 fully saturated rings. The minimum absolute atomic E-state index is 0.175. The number of hydrogen-bond donors (Lipinski definition) is 1. The van der Waals surface area contributed by atoms with E-state index in [1.54, 1.807) is 24.3 Å². The number of ketones is 1. The van der Waals surface area contributed by atoms with Crippen molar-refractivity contribution < 1.29 is 19.1 Å². The van der Waals surface area contributed by atoms with E-state index in [9.17, 15) is 9.59 Å². The molecule has 0 aliphatic heterocycles. The molecule has 0 aliphatic carbocycles. The monoisotopic (exact) mass is 423 g/mol. The Bertz CT molecular complexity index is 932. The van der Waals surface area contributed by atoms with Gasteiger partial charge in [-0.1, -0.05) is 29.3 Å². The van der Waals surface area contributed by atoms with Gasteiger partial charge in [-0.2, -0.15) is 10.2 Å². The fourth-order valence-electron chi connectivity index (χ4n) is 2.34. The fourth-order valence-corrected chi connectivity index (χ4v) is 2.70. The van der Waals surface area contributed by atoms with E-state index in [1.807, 2.05) is 6.92 Å². The number of azo groups is 1. The highest BCUT2D eigenvalue weighted by Crippen LogP contribution is 2.40. The van der Waals surface area contributed by atoms with Crippen LogP contribution in [0.15, 0.2) is 40.6 Å². The Hall–Kier alpha value is -2.64. The Kier molecular flexibility index (Phi) is 7.37. The van der Waals surface area contributed by atoms with Crippen LogP contribution in [-0.4, -0.2) is 32.0 Å². The molecule has 9 heteroatoms. The van der Waals surface area contributed by atoms with Gasteiger partial charge in [0.25, 0.3) is 5.91 Å². The molecule has 1 amide bonds. The lowest BCUT2D eigenvalue weighted by molar-refractivity contribution is -0.126. The third-order valence-electron chi connectivity index (χ3n) is 3.83. The van der Waals surface area contributed by atoms with Gasteiger partial charge in [0.2, 0.25) is 6.04 Å². The second kappa shape index (κ2) is 9.52. The molecule has 0 radical (unpaired) electrons. The largest absolute Gasteiger partial charge is 0.493 e. The van der Waals surface area contributed by atoms with E-state index in [0.717, 1.165) is 5.56 Å². The van der Waals surface area contributed by atoms with Crippen LogP contribution in [0.3, 0.4) is 0 Å². The molecule has 0 heterocycles. The molecule has 0 saturated carbocycles. The molecule has 2 aromatic rings. The molecule has 1 atom stereocenters. The van der Waals surface area contributed by atoms with Crippen molar-refractivity contribution in [3.63, 3.8) is 0 Å². The molecule has 1 unspecified atom stereocenters. The van der Waals surface area contributed by atoms with Gasteiger partial charge in [-0.15, -0.1) is 0 Å². The summed E-state index contributed by atoms with van der Waals surface area (Å²) in [6.07, 6.45) is 0. The standard InChI is InChI=1S/C19H19Cl2N3O4/c1-10-5-6-12(20)9-14(10)23-24-16(11(2)25)19(26)22-17-13(21)7-8-15(27-3)18(17)28-4/h5-9,16H,1-4H3,(H,22,26). The number of aryl methyl sites for hydroxylation is 1. The summed E-state index contributed by atoms with van der Waals surface area (Å²) in [5, 5.41) is 11.2. The SMILES string of the molecule is COc1ccc(Cl)c(NC(=O)C(N=Nc2cc(Cl)ccc2C)C(C)=O)c1OC. The summed E-state index contributed by atoms with van der Waals surface area (Å²) >= 11 is 12.1. The number of nitrogens with one attached hydrogen (secondary N) is 1. The van der Waals surface area contributed by atoms with Gasteiger partial charge in [0.15, 0.2) is 17.3 Å². The van der Waals surface area contributed by atoms with Gasteiger partial charge >= 0.3 is 0 Å². The molecule has 28 heavy (non-hydrogen) atoms. The van der Waals surface area contributed by atoms with Crippen molar-refractivity contribution in [3.8, 4) is 11.5 Å². The van der Waals surface area contributed by atoms with Gasteiger partial charge in [0.05, 0.1) is 24.9 Å². The molecule has 0 aliphatic rings. The first-order valence-electron chi connectivity index (χ1n) is 8.17. The third-order valence-corrected chi connectivity index (χ3v) is 4.38. The fraction of sp³-hybridized carbons (Fsp3) is 0.263. The van der Waals surface area contributed by atoms with Crippen LogP contribution in [0.4, 0.5) is 11.4 Å². The van der Waals surface area contributed by atoms with E-state index < -0.39 is 17.7 Å². The molecule has 0 spiro atoms. The number of Topliss-reactive ketones (excluding diaryl/α,β-unsaturated/α-hetero) is 1. The van der Waals surface area contributed by atoms with Crippen LogP contribution in [-0.2, 0) is 9.59 Å². The molecule has 0 bridgehead atoms. The van der Waals surface area contributed by atoms with Crippen molar-refractivity contribution in [2.24, 2.45) is 10.2 Å². The molecule has 0 aromatic heterocycles. The Morgan fingerprint density at radius 1 is 1.11 bits per heavy atom.